The number of nitrogens with zero attached hydrogens (tertiary/aromatic N) is 3. The average molecular weight is 257 g/mol. The Kier molecular flexibility index (Phi) is 3.75. The maximum absolute atomic E-state index is 10.8. The van der Waals surface area contributed by atoms with Crippen LogP contribution in [-0.4, -0.2) is 28.0 Å². The Morgan fingerprint density at radius 3 is 2.71 bits per heavy atom. The number of hydrogen-bond donors (Lipinski definition) is 1. The third-order valence-electron chi connectivity index (χ3n) is 2.66. The van der Waals surface area contributed by atoms with E-state index in [0.29, 0.717) is 0 Å². The zero-order chi connectivity index (χ0) is 12.3. The molecule has 6 nitrogen and oxygen atoms in total. The number of rotatable bonds is 3. The number of pyridine rings is 1. The number of aromatic nitrogens is 1. The van der Waals surface area contributed by atoms with E-state index in [1.54, 1.807) is 0 Å². The topological polar surface area (TPSA) is 71.3 Å². The number of halogens is 1. The Bertz CT molecular complexity index is 421. The summed E-state index contributed by atoms with van der Waals surface area (Å²) in [6, 6.07) is 2.78. The molecule has 1 aromatic heterocycles. The van der Waals surface area contributed by atoms with Gasteiger partial charge in [0.25, 0.3) is 0 Å². The predicted molar refractivity (Wildman–Crippen MR) is 64.9 cm³/mol. The van der Waals surface area contributed by atoms with Crippen molar-refractivity contribution in [2.75, 3.05) is 18.5 Å². The Labute approximate surface area is 104 Å². The summed E-state index contributed by atoms with van der Waals surface area (Å²) in [6.07, 6.45) is 3.37. The molecule has 1 fully saturated rings. The van der Waals surface area contributed by atoms with Gasteiger partial charge in [0.2, 0.25) is 5.82 Å². The van der Waals surface area contributed by atoms with Gasteiger partial charge in [-0.2, -0.15) is 0 Å². The van der Waals surface area contributed by atoms with Crippen molar-refractivity contribution >= 4 is 23.1 Å². The molecular weight excluding hydrogens is 244 g/mol. The summed E-state index contributed by atoms with van der Waals surface area (Å²) in [5.74, 6) is 0.212. The standard InChI is InChI=1S/C10H13ClN4O2/c11-9-5-4-8(15(16)17)10(12-9)13-14-6-2-1-3-7-14/h4-5H,1-3,6-7H2,(H,12,13). The van der Waals surface area contributed by atoms with Crippen molar-refractivity contribution in [3.05, 3.63) is 27.4 Å². The molecule has 2 heterocycles. The number of piperidine rings is 1. The van der Waals surface area contributed by atoms with Gasteiger partial charge in [-0.3, -0.25) is 15.5 Å². The molecule has 1 aliphatic heterocycles. The first-order valence-corrected chi connectivity index (χ1v) is 5.87. The van der Waals surface area contributed by atoms with Gasteiger partial charge in [-0.15, -0.1) is 0 Å². The molecule has 1 aromatic rings. The normalized spacial score (nSPS) is 16.8. The summed E-state index contributed by atoms with van der Waals surface area (Å²) in [5, 5.41) is 13.0. The van der Waals surface area contributed by atoms with Gasteiger partial charge < -0.3 is 0 Å². The molecule has 0 spiro atoms. The van der Waals surface area contributed by atoms with Crippen LogP contribution in [0.1, 0.15) is 19.3 Å². The second-order valence-electron chi connectivity index (χ2n) is 3.92. The van der Waals surface area contributed by atoms with Crippen LogP contribution in [0.3, 0.4) is 0 Å². The maximum atomic E-state index is 10.8. The number of hydrazine groups is 1. The third-order valence-corrected chi connectivity index (χ3v) is 2.87. The fraction of sp³-hybridized carbons (Fsp3) is 0.500. The first-order valence-electron chi connectivity index (χ1n) is 5.49. The lowest BCUT2D eigenvalue weighted by Gasteiger charge is -2.27. The SMILES string of the molecule is O=[N+]([O-])c1ccc(Cl)nc1NN1CCCCC1. The van der Waals surface area contributed by atoms with E-state index in [1.807, 2.05) is 5.01 Å². The number of anilines is 1. The van der Waals surface area contributed by atoms with Crippen molar-refractivity contribution < 1.29 is 4.92 Å². The number of hydrogen-bond acceptors (Lipinski definition) is 5. The summed E-state index contributed by atoms with van der Waals surface area (Å²) < 4.78 is 0. The van der Waals surface area contributed by atoms with Crippen LogP contribution in [0.5, 0.6) is 0 Å². The van der Waals surface area contributed by atoms with Crippen LogP contribution in [0.25, 0.3) is 0 Å². The summed E-state index contributed by atoms with van der Waals surface area (Å²) in [5.41, 5.74) is 2.91. The van der Waals surface area contributed by atoms with E-state index in [-0.39, 0.29) is 16.7 Å². The van der Waals surface area contributed by atoms with Crippen molar-refractivity contribution in [1.82, 2.24) is 9.99 Å². The Balaban J connectivity index is 2.17. The average Bonchev–Trinajstić information content (AvgIpc) is 2.30. The molecule has 0 radical (unpaired) electrons. The molecule has 1 N–H and O–H groups in total. The molecule has 2 rings (SSSR count). The molecule has 7 heteroatoms. The van der Waals surface area contributed by atoms with E-state index in [4.69, 9.17) is 11.6 Å². The molecule has 0 atom stereocenters. The van der Waals surface area contributed by atoms with E-state index >= 15 is 0 Å². The van der Waals surface area contributed by atoms with Crippen LogP contribution in [-0.2, 0) is 0 Å². The first kappa shape index (κ1) is 12.1. The molecule has 1 aliphatic rings. The van der Waals surface area contributed by atoms with Gasteiger partial charge >= 0.3 is 5.69 Å². The summed E-state index contributed by atoms with van der Waals surface area (Å²) in [7, 11) is 0. The highest BCUT2D eigenvalue weighted by molar-refractivity contribution is 6.29. The van der Waals surface area contributed by atoms with Gasteiger partial charge in [0.05, 0.1) is 4.92 Å². The smallest absolute Gasteiger partial charge is 0.297 e. The van der Waals surface area contributed by atoms with Crippen LogP contribution < -0.4 is 5.43 Å². The predicted octanol–water partition coefficient (Wildman–Crippen LogP) is 2.46. The van der Waals surface area contributed by atoms with Gasteiger partial charge in [0, 0.05) is 19.2 Å². The van der Waals surface area contributed by atoms with E-state index in [2.05, 4.69) is 10.4 Å². The van der Waals surface area contributed by atoms with E-state index in [9.17, 15) is 10.1 Å². The Hall–Kier alpha value is -1.40. The van der Waals surface area contributed by atoms with Gasteiger partial charge in [-0.05, 0) is 18.9 Å². The first-order chi connectivity index (χ1) is 8.16. The monoisotopic (exact) mass is 256 g/mol. The molecule has 0 aromatic carbocycles. The Morgan fingerprint density at radius 2 is 2.06 bits per heavy atom. The van der Waals surface area contributed by atoms with Crippen LogP contribution in [0, 0.1) is 10.1 Å². The zero-order valence-electron chi connectivity index (χ0n) is 9.23. The number of nitro groups is 1. The lowest BCUT2D eigenvalue weighted by Crippen LogP contribution is -2.35. The minimum Gasteiger partial charge on any atom is -0.297 e. The minimum absolute atomic E-state index is 0.0556. The van der Waals surface area contributed by atoms with Crippen molar-refractivity contribution in [2.24, 2.45) is 0 Å². The molecule has 0 aliphatic carbocycles. The van der Waals surface area contributed by atoms with Crippen LogP contribution in [0.4, 0.5) is 11.5 Å². The molecular formula is C10H13ClN4O2. The maximum Gasteiger partial charge on any atom is 0.312 e. The molecule has 1 saturated heterocycles. The van der Waals surface area contributed by atoms with Gasteiger partial charge in [-0.1, -0.05) is 18.0 Å². The van der Waals surface area contributed by atoms with E-state index in [1.165, 1.54) is 18.6 Å². The summed E-state index contributed by atoms with van der Waals surface area (Å²) in [4.78, 5) is 14.3. The quantitative estimate of drug-likeness (QED) is 0.511. The molecule has 0 amide bonds. The highest BCUT2D eigenvalue weighted by Gasteiger charge is 2.19. The van der Waals surface area contributed by atoms with Crippen LogP contribution >= 0.6 is 11.6 Å². The largest absolute Gasteiger partial charge is 0.312 e. The lowest BCUT2D eigenvalue weighted by molar-refractivity contribution is -0.384. The fourth-order valence-corrected chi connectivity index (χ4v) is 1.96. The minimum atomic E-state index is -0.463. The second-order valence-corrected chi connectivity index (χ2v) is 4.31. The van der Waals surface area contributed by atoms with Crippen molar-refractivity contribution in [2.45, 2.75) is 19.3 Å². The van der Waals surface area contributed by atoms with Crippen LogP contribution in [0.2, 0.25) is 5.15 Å². The molecule has 17 heavy (non-hydrogen) atoms. The van der Waals surface area contributed by atoms with Gasteiger partial charge in [-0.25, -0.2) is 9.99 Å². The summed E-state index contributed by atoms with van der Waals surface area (Å²) in [6.45, 7) is 1.73. The van der Waals surface area contributed by atoms with E-state index < -0.39 is 4.92 Å². The summed E-state index contributed by atoms with van der Waals surface area (Å²) >= 11 is 5.75. The zero-order valence-corrected chi connectivity index (χ0v) is 9.98. The highest BCUT2D eigenvalue weighted by atomic mass is 35.5. The molecule has 0 unspecified atom stereocenters. The van der Waals surface area contributed by atoms with Gasteiger partial charge in [0.15, 0.2) is 0 Å². The second kappa shape index (κ2) is 5.29. The van der Waals surface area contributed by atoms with E-state index in [0.717, 1.165) is 25.9 Å². The third kappa shape index (κ3) is 3.04. The highest BCUT2D eigenvalue weighted by Crippen LogP contribution is 2.25. The Morgan fingerprint density at radius 1 is 1.35 bits per heavy atom. The van der Waals surface area contributed by atoms with Gasteiger partial charge in [0.1, 0.15) is 5.15 Å². The number of nitrogens with one attached hydrogen (secondary N) is 1. The molecule has 0 bridgehead atoms. The molecule has 0 saturated carbocycles. The van der Waals surface area contributed by atoms with Crippen molar-refractivity contribution in [1.29, 1.82) is 0 Å². The van der Waals surface area contributed by atoms with Crippen molar-refractivity contribution in [3.63, 3.8) is 0 Å². The molecule has 92 valence electrons. The van der Waals surface area contributed by atoms with Crippen LogP contribution in [0.15, 0.2) is 12.1 Å². The van der Waals surface area contributed by atoms with Crippen molar-refractivity contribution in [3.8, 4) is 0 Å². The fourth-order valence-electron chi connectivity index (χ4n) is 1.81. The lowest BCUT2D eigenvalue weighted by atomic mass is 10.2.